The summed E-state index contributed by atoms with van der Waals surface area (Å²) in [5, 5.41) is 4.37. The molecule has 0 aliphatic heterocycles. The molecule has 0 aliphatic rings. The molecule has 3 rings (SSSR count). The van der Waals surface area contributed by atoms with Gasteiger partial charge in [0, 0.05) is 35.8 Å². The molecule has 3 aromatic rings. The predicted molar refractivity (Wildman–Crippen MR) is 108 cm³/mol. The molecule has 0 aliphatic carbocycles. The molecule has 1 aromatic heterocycles. The van der Waals surface area contributed by atoms with Gasteiger partial charge in [0.05, 0.1) is 12.0 Å². The maximum absolute atomic E-state index is 14.1. The van der Waals surface area contributed by atoms with Gasteiger partial charge in [-0.2, -0.15) is 0 Å². The Kier molecular flexibility index (Phi) is 5.61. The third-order valence-corrected chi connectivity index (χ3v) is 4.65. The highest BCUT2D eigenvalue weighted by atomic mass is 35.5. The van der Waals surface area contributed by atoms with E-state index in [1.807, 2.05) is 44.3 Å². The maximum atomic E-state index is 14.1. The molecule has 0 N–H and O–H groups in total. The molecule has 4 nitrogen and oxygen atoms in total. The van der Waals surface area contributed by atoms with Crippen molar-refractivity contribution in [3.8, 4) is 22.6 Å². The van der Waals surface area contributed by atoms with E-state index in [-0.39, 0.29) is 0 Å². The van der Waals surface area contributed by atoms with Gasteiger partial charge in [-0.05, 0) is 62.2 Å². The van der Waals surface area contributed by atoms with Crippen molar-refractivity contribution in [3.05, 3.63) is 58.4 Å². The van der Waals surface area contributed by atoms with E-state index in [1.165, 1.54) is 6.07 Å². The minimum atomic E-state index is -0.431. The highest BCUT2D eigenvalue weighted by Gasteiger charge is 2.15. The maximum Gasteiger partial charge on any atom is 0.167 e. The topological polar surface area (TPSA) is 41.6 Å². The highest BCUT2D eigenvalue weighted by molar-refractivity contribution is 6.30. The van der Waals surface area contributed by atoms with Crippen molar-refractivity contribution in [3.63, 3.8) is 0 Å². The molecule has 0 unspecified atom stereocenters. The number of benzene rings is 2. The average Bonchev–Trinajstić information content (AvgIpc) is 3.11. The smallest absolute Gasteiger partial charge is 0.167 e. The van der Waals surface area contributed by atoms with Gasteiger partial charge in [-0.25, -0.2) is 9.38 Å². The van der Waals surface area contributed by atoms with Gasteiger partial charge >= 0.3 is 0 Å². The quantitative estimate of drug-likeness (QED) is 0.397. The molecule has 0 fully saturated rings. The fraction of sp³-hybridized carbons (Fsp3) is 0.238. The Labute approximate surface area is 163 Å². The Balaban J connectivity index is 1.95. The first kappa shape index (κ1) is 19.1. The molecular formula is C21H21ClFN3O. The first-order valence-electron chi connectivity index (χ1n) is 8.67. The van der Waals surface area contributed by atoms with Crippen LogP contribution in [0.25, 0.3) is 22.6 Å². The van der Waals surface area contributed by atoms with Crippen molar-refractivity contribution < 1.29 is 8.91 Å². The van der Waals surface area contributed by atoms with E-state index in [4.69, 9.17) is 16.1 Å². The van der Waals surface area contributed by atoms with E-state index in [0.29, 0.717) is 22.0 Å². The normalized spacial score (nSPS) is 11.3. The molecule has 0 amide bonds. The molecule has 0 atom stereocenters. The second-order valence-corrected chi connectivity index (χ2v) is 6.91. The van der Waals surface area contributed by atoms with Crippen LogP contribution in [0.2, 0.25) is 5.02 Å². The number of aromatic nitrogens is 1. The van der Waals surface area contributed by atoms with E-state index in [1.54, 1.807) is 18.2 Å². The first-order valence-corrected chi connectivity index (χ1v) is 9.05. The molecule has 0 saturated heterocycles. The van der Waals surface area contributed by atoms with Crippen molar-refractivity contribution >= 4 is 23.6 Å². The summed E-state index contributed by atoms with van der Waals surface area (Å²) in [5.41, 5.74) is 4.62. The van der Waals surface area contributed by atoms with E-state index in [0.717, 1.165) is 28.9 Å². The summed E-state index contributed by atoms with van der Waals surface area (Å²) in [6, 6.07) is 10.2. The standard InChI is InChI=1S/C21H21ClFN3O/c1-5-26(4)12-24-19-9-13(2)17(8-14(19)3)21-11-20(25-27-21)16-7-6-15(22)10-18(16)23/h6-12H,5H2,1-4H3. The van der Waals surface area contributed by atoms with Crippen LogP contribution in [0.1, 0.15) is 18.1 Å². The number of aryl methyl sites for hydroxylation is 2. The Morgan fingerprint density at radius 3 is 2.63 bits per heavy atom. The summed E-state index contributed by atoms with van der Waals surface area (Å²) in [7, 11) is 1.98. The van der Waals surface area contributed by atoms with Crippen LogP contribution in [-0.4, -0.2) is 30.0 Å². The van der Waals surface area contributed by atoms with Gasteiger partial charge in [-0.15, -0.1) is 0 Å². The number of halogens is 2. The minimum Gasteiger partial charge on any atom is -0.366 e. The molecule has 0 radical (unpaired) electrons. The molecule has 1 heterocycles. The Bertz CT molecular complexity index is 997. The van der Waals surface area contributed by atoms with Gasteiger partial charge in [0.1, 0.15) is 11.5 Å². The first-order chi connectivity index (χ1) is 12.9. The summed E-state index contributed by atoms with van der Waals surface area (Å²) in [5.74, 6) is 0.154. The number of hydrogen-bond donors (Lipinski definition) is 0. The molecule has 6 heteroatoms. The van der Waals surface area contributed by atoms with Crippen LogP contribution in [0.15, 0.2) is 45.9 Å². The zero-order valence-corrected chi connectivity index (χ0v) is 16.5. The lowest BCUT2D eigenvalue weighted by Crippen LogP contribution is -2.14. The number of rotatable bonds is 5. The van der Waals surface area contributed by atoms with Crippen molar-refractivity contribution in [1.29, 1.82) is 0 Å². The lowest BCUT2D eigenvalue weighted by molar-refractivity contribution is 0.434. The third kappa shape index (κ3) is 4.19. The fourth-order valence-corrected chi connectivity index (χ4v) is 2.83. The van der Waals surface area contributed by atoms with Crippen molar-refractivity contribution in [1.82, 2.24) is 10.1 Å². The van der Waals surface area contributed by atoms with Crippen molar-refractivity contribution in [2.75, 3.05) is 13.6 Å². The van der Waals surface area contributed by atoms with E-state index in [2.05, 4.69) is 17.1 Å². The average molecular weight is 386 g/mol. The highest BCUT2D eigenvalue weighted by Crippen LogP contribution is 2.33. The molecular weight excluding hydrogens is 365 g/mol. The second kappa shape index (κ2) is 7.92. The van der Waals surface area contributed by atoms with Crippen LogP contribution in [-0.2, 0) is 0 Å². The zero-order chi connectivity index (χ0) is 19.6. The van der Waals surface area contributed by atoms with Crippen LogP contribution in [0.3, 0.4) is 0 Å². The number of nitrogens with zero attached hydrogens (tertiary/aromatic N) is 3. The molecule has 0 bridgehead atoms. The monoisotopic (exact) mass is 385 g/mol. The van der Waals surface area contributed by atoms with Gasteiger partial charge in [-0.1, -0.05) is 16.8 Å². The minimum absolute atomic E-state index is 0.344. The fourth-order valence-electron chi connectivity index (χ4n) is 2.67. The Hall–Kier alpha value is -2.66. The third-order valence-electron chi connectivity index (χ3n) is 4.42. The Morgan fingerprint density at radius 1 is 1.15 bits per heavy atom. The predicted octanol–water partition coefficient (Wildman–Crippen LogP) is 6.03. The van der Waals surface area contributed by atoms with E-state index < -0.39 is 5.82 Å². The van der Waals surface area contributed by atoms with Crippen molar-refractivity contribution in [2.45, 2.75) is 20.8 Å². The molecule has 27 heavy (non-hydrogen) atoms. The van der Waals surface area contributed by atoms with Gasteiger partial charge in [0.2, 0.25) is 0 Å². The molecule has 2 aromatic carbocycles. The molecule has 0 spiro atoms. The Morgan fingerprint density at radius 2 is 1.93 bits per heavy atom. The van der Waals surface area contributed by atoms with Crippen LogP contribution in [0.5, 0.6) is 0 Å². The summed E-state index contributed by atoms with van der Waals surface area (Å²) in [4.78, 5) is 6.54. The van der Waals surface area contributed by atoms with Crippen LogP contribution < -0.4 is 0 Å². The van der Waals surface area contributed by atoms with Gasteiger partial charge in [0.15, 0.2) is 5.76 Å². The SMILES string of the molecule is CCN(C)C=Nc1cc(C)c(-c2cc(-c3ccc(Cl)cc3F)no2)cc1C. The van der Waals surface area contributed by atoms with Crippen LogP contribution in [0, 0.1) is 19.7 Å². The van der Waals surface area contributed by atoms with Crippen molar-refractivity contribution in [2.24, 2.45) is 4.99 Å². The van der Waals surface area contributed by atoms with Gasteiger partial charge in [0.25, 0.3) is 0 Å². The lowest BCUT2D eigenvalue weighted by Gasteiger charge is -2.10. The van der Waals surface area contributed by atoms with Gasteiger partial charge in [-0.3, -0.25) is 0 Å². The summed E-state index contributed by atoms with van der Waals surface area (Å²) in [6.07, 6.45) is 1.82. The second-order valence-electron chi connectivity index (χ2n) is 6.47. The summed E-state index contributed by atoms with van der Waals surface area (Å²) >= 11 is 5.81. The lowest BCUT2D eigenvalue weighted by atomic mass is 10.0. The largest absolute Gasteiger partial charge is 0.366 e. The number of hydrogen-bond acceptors (Lipinski definition) is 3. The van der Waals surface area contributed by atoms with Crippen LogP contribution in [0.4, 0.5) is 10.1 Å². The van der Waals surface area contributed by atoms with E-state index >= 15 is 0 Å². The summed E-state index contributed by atoms with van der Waals surface area (Å²) < 4.78 is 19.6. The number of aliphatic imine (C=N–C) groups is 1. The van der Waals surface area contributed by atoms with Gasteiger partial charge < -0.3 is 9.42 Å². The van der Waals surface area contributed by atoms with E-state index in [9.17, 15) is 4.39 Å². The zero-order valence-electron chi connectivity index (χ0n) is 15.8. The molecule has 0 saturated carbocycles. The molecule has 140 valence electrons. The van der Waals surface area contributed by atoms with Crippen LogP contribution >= 0.6 is 11.6 Å². The summed E-state index contributed by atoms with van der Waals surface area (Å²) in [6.45, 7) is 6.94.